The fraction of sp³-hybridized carbons (Fsp3) is 0.909. The molecule has 0 radical (unpaired) electrons. The van der Waals surface area contributed by atoms with Gasteiger partial charge in [-0.15, -0.1) is 0 Å². The molecule has 5 heteroatoms. The van der Waals surface area contributed by atoms with Crippen molar-refractivity contribution in [1.82, 2.24) is 10.2 Å². The zero-order valence-electron chi connectivity index (χ0n) is 9.78. The molecule has 2 rings (SSSR count). The van der Waals surface area contributed by atoms with E-state index in [0.29, 0.717) is 25.9 Å². The Morgan fingerprint density at radius 2 is 2.31 bits per heavy atom. The monoisotopic (exact) mass is 228 g/mol. The zero-order valence-corrected chi connectivity index (χ0v) is 9.78. The second-order valence-corrected chi connectivity index (χ2v) is 4.38. The lowest BCUT2D eigenvalue weighted by Gasteiger charge is -2.34. The third-order valence-electron chi connectivity index (χ3n) is 3.26. The molecule has 0 spiro atoms. The summed E-state index contributed by atoms with van der Waals surface area (Å²) in [6.07, 6.45) is 1.80. The fourth-order valence-corrected chi connectivity index (χ4v) is 2.20. The standard InChI is InChI=1S/C11H20N2O3/c1-13(9-3-2-4-12-7-9)11(14)10-8-15-5-6-16-10/h9-10,12H,2-8H2,1H3. The van der Waals surface area contributed by atoms with Crippen molar-refractivity contribution in [1.29, 1.82) is 0 Å². The van der Waals surface area contributed by atoms with Crippen LogP contribution in [0.4, 0.5) is 0 Å². The number of amides is 1. The lowest BCUT2D eigenvalue weighted by atomic mass is 10.1. The van der Waals surface area contributed by atoms with Crippen molar-refractivity contribution < 1.29 is 14.3 Å². The summed E-state index contributed by atoms with van der Waals surface area (Å²) in [5.74, 6) is 0.0494. The Balaban J connectivity index is 1.86. The lowest BCUT2D eigenvalue weighted by molar-refractivity contribution is -0.159. The zero-order chi connectivity index (χ0) is 11.4. The van der Waals surface area contributed by atoms with E-state index in [4.69, 9.17) is 9.47 Å². The Morgan fingerprint density at radius 3 is 2.94 bits per heavy atom. The molecule has 1 amide bonds. The molecule has 0 aromatic carbocycles. The molecular formula is C11H20N2O3. The number of hydrogen-bond acceptors (Lipinski definition) is 4. The maximum absolute atomic E-state index is 12.1. The van der Waals surface area contributed by atoms with Crippen LogP contribution >= 0.6 is 0 Å². The van der Waals surface area contributed by atoms with Crippen LogP contribution in [0.2, 0.25) is 0 Å². The van der Waals surface area contributed by atoms with Gasteiger partial charge in [0.25, 0.3) is 5.91 Å². The van der Waals surface area contributed by atoms with Gasteiger partial charge in [0, 0.05) is 19.6 Å². The van der Waals surface area contributed by atoms with Crippen molar-refractivity contribution in [3.63, 3.8) is 0 Å². The number of nitrogens with one attached hydrogen (secondary N) is 1. The lowest BCUT2D eigenvalue weighted by Crippen LogP contribution is -2.52. The third-order valence-corrected chi connectivity index (χ3v) is 3.26. The minimum atomic E-state index is -0.402. The Kier molecular flexibility index (Phi) is 4.15. The smallest absolute Gasteiger partial charge is 0.254 e. The maximum Gasteiger partial charge on any atom is 0.254 e. The van der Waals surface area contributed by atoms with Gasteiger partial charge in [-0.2, -0.15) is 0 Å². The molecule has 2 heterocycles. The van der Waals surface area contributed by atoms with E-state index in [2.05, 4.69) is 5.32 Å². The van der Waals surface area contributed by atoms with E-state index < -0.39 is 6.10 Å². The number of carbonyl (C=O) groups excluding carboxylic acids is 1. The summed E-state index contributed by atoms with van der Waals surface area (Å²) >= 11 is 0. The molecule has 1 N–H and O–H groups in total. The average molecular weight is 228 g/mol. The number of hydrogen-bond donors (Lipinski definition) is 1. The van der Waals surface area contributed by atoms with Crippen molar-refractivity contribution in [2.45, 2.75) is 25.0 Å². The fourth-order valence-electron chi connectivity index (χ4n) is 2.20. The predicted molar refractivity (Wildman–Crippen MR) is 59.2 cm³/mol. The largest absolute Gasteiger partial charge is 0.376 e. The van der Waals surface area contributed by atoms with Crippen molar-refractivity contribution in [2.75, 3.05) is 40.0 Å². The van der Waals surface area contributed by atoms with Crippen molar-refractivity contribution in [3.05, 3.63) is 0 Å². The van der Waals surface area contributed by atoms with Gasteiger partial charge in [0.15, 0.2) is 6.10 Å². The van der Waals surface area contributed by atoms with Gasteiger partial charge in [-0.25, -0.2) is 0 Å². The second kappa shape index (κ2) is 5.61. The van der Waals surface area contributed by atoms with Crippen LogP contribution in [0.15, 0.2) is 0 Å². The minimum absolute atomic E-state index is 0.0494. The van der Waals surface area contributed by atoms with E-state index >= 15 is 0 Å². The Morgan fingerprint density at radius 1 is 1.44 bits per heavy atom. The molecule has 2 aliphatic heterocycles. The van der Waals surface area contributed by atoms with Crippen LogP contribution in [0.1, 0.15) is 12.8 Å². The van der Waals surface area contributed by atoms with E-state index in [1.54, 1.807) is 0 Å². The normalized spacial score (nSPS) is 31.1. The van der Waals surface area contributed by atoms with E-state index in [0.717, 1.165) is 25.9 Å². The highest BCUT2D eigenvalue weighted by molar-refractivity contribution is 5.81. The SMILES string of the molecule is CN(C(=O)C1COCCO1)C1CCCNC1. The molecule has 16 heavy (non-hydrogen) atoms. The molecule has 2 atom stereocenters. The van der Waals surface area contributed by atoms with E-state index in [1.165, 1.54) is 0 Å². The molecule has 2 unspecified atom stereocenters. The molecule has 0 aliphatic carbocycles. The van der Waals surface area contributed by atoms with Crippen molar-refractivity contribution in [3.8, 4) is 0 Å². The van der Waals surface area contributed by atoms with Crippen LogP contribution in [0.3, 0.4) is 0 Å². The molecule has 0 saturated carbocycles. The van der Waals surface area contributed by atoms with Crippen LogP contribution in [0.25, 0.3) is 0 Å². The molecule has 0 aromatic heterocycles. The molecular weight excluding hydrogens is 208 g/mol. The number of likely N-dealkylation sites (N-methyl/N-ethyl adjacent to an activating group) is 1. The summed E-state index contributed by atoms with van der Waals surface area (Å²) in [5, 5.41) is 3.31. The summed E-state index contributed by atoms with van der Waals surface area (Å²) in [6.45, 7) is 3.45. The van der Waals surface area contributed by atoms with Crippen LogP contribution in [0, 0.1) is 0 Å². The van der Waals surface area contributed by atoms with Gasteiger partial charge in [-0.05, 0) is 19.4 Å². The highest BCUT2D eigenvalue weighted by atomic mass is 16.6. The first-order valence-electron chi connectivity index (χ1n) is 5.96. The summed E-state index contributed by atoms with van der Waals surface area (Å²) < 4.78 is 10.7. The van der Waals surface area contributed by atoms with E-state index in [9.17, 15) is 4.79 Å². The van der Waals surface area contributed by atoms with Crippen LogP contribution in [-0.4, -0.2) is 62.9 Å². The first kappa shape index (κ1) is 11.8. The molecule has 2 aliphatic rings. The number of nitrogens with zero attached hydrogens (tertiary/aromatic N) is 1. The van der Waals surface area contributed by atoms with Gasteiger partial charge in [-0.1, -0.05) is 0 Å². The molecule has 5 nitrogen and oxygen atoms in total. The van der Waals surface area contributed by atoms with Gasteiger partial charge < -0.3 is 19.7 Å². The van der Waals surface area contributed by atoms with E-state index in [-0.39, 0.29) is 5.91 Å². The van der Waals surface area contributed by atoms with Gasteiger partial charge in [-0.3, -0.25) is 4.79 Å². The van der Waals surface area contributed by atoms with E-state index in [1.807, 2.05) is 11.9 Å². The van der Waals surface area contributed by atoms with Gasteiger partial charge in [0.1, 0.15) is 0 Å². The van der Waals surface area contributed by atoms with Crippen molar-refractivity contribution >= 4 is 5.91 Å². The number of ether oxygens (including phenoxy) is 2. The van der Waals surface area contributed by atoms with Crippen LogP contribution < -0.4 is 5.32 Å². The Labute approximate surface area is 96.1 Å². The first-order valence-corrected chi connectivity index (χ1v) is 5.96. The Hall–Kier alpha value is -0.650. The van der Waals surface area contributed by atoms with Gasteiger partial charge in [0.05, 0.1) is 19.8 Å². The number of rotatable bonds is 2. The van der Waals surface area contributed by atoms with Gasteiger partial charge >= 0.3 is 0 Å². The highest BCUT2D eigenvalue weighted by Crippen LogP contribution is 2.12. The topological polar surface area (TPSA) is 50.8 Å². The average Bonchev–Trinajstić information content (AvgIpc) is 2.39. The molecule has 0 aromatic rings. The summed E-state index contributed by atoms with van der Waals surface area (Å²) in [6, 6.07) is 0.298. The summed E-state index contributed by atoms with van der Waals surface area (Å²) in [5.41, 5.74) is 0. The highest BCUT2D eigenvalue weighted by Gasteiger charge is 2.29. The predicted octanol–water partition coefficient (Wildman–Crippen LogP) is -0.388. The summed E-state index contributed by atoms with van der Waals surface area (Å²) in [4.78, 5) is 13.9. The minimum Gasteiger partial charge on any atom is -0.376 e. The van der Waals surface area contributed by atoms with Crippen LogP contribution in [-0.2, 0) is 14.3 Å². The maximum atomic E-state index is 12.1. The third kappa shape index (κ3) is 2.72. The van der Waals surface area contributed by atoms with Crippen molar-refractivity contribution in [2.24, 2.45) is 0 Å². The number of piperidine rings is 1. The van der Waals surface area contributed by atoms with Crippen LogP contribution in [0.5, 0.6) is 0 Å². The first-order chi connectivity index (χ1) is 7.79. The second-order valence-electron chi connectivity index (χ2n) is 4.38. The summed E-state index contributed by atoms with van der Waals surface area (Å²) in [7, 11) is 1.86. The number of carbonyl (C=O) groups is 1. The quantitative estimate of drug-likeness (QED) is 0.699. The molecule has 92 valence electrons. The molecule has 2 saturated heterocycles. The Bertz CT molecular complexity index is 235. The van der Waals surface area contributed by atoms with Gasteiger partial charge in [0.2, 0.25) is 0 Å². The molecule has 2 fully saturated rings. The molecule has 0 bridgehead atoms.